The van der Waals surface area contributed by atoms with Gasteiger partial charge in [0.15, 0.2) is 11.4 Å². The van der Waals surface area contributed by atoms with Gasteiger partial charge in [-0.25, -0.2) is 9.97 Å². The number of nitrogens with zero attached hydrogens (tertiary/aromatic N) is 6. The maximum absolute atomic E-state index is 11.5. The first-order valence-electron chi connectivity index (χ1n) is 10.5. The van der Waals surface area contributed by atoms with Gasteiger partial charge in [0.05, 0.1) is 22.4 Å². The van der Waals surface area contributed by atoms with E-state index in [4.69, 9.17) is 9.72 Å². The molecule has 1 aliphatic rings. The minimum atomic E-state index is -0.0257. The van der Waals surface area contributed by atoms with E-state index in [-0.39, 0.29) is 18.0 Å². The Morgan fingerprint density at radius 2 is 2.22 bits per heavy atom. The van der Waals surface area contributed by atoms with Crippen molar-refractivity contribution in [3.63, 3.8) is 0 Å². The number of hydrogen-bond acceptors (Lipinski definition) is 7. The number of imidazole rings is 1. The van der Waals surface area contributed by atoms with Gasteiger partial charge in [-0.05, 0) is 28.8 Å². The molecule has 166 valence electrons. The maximum atomic E-state index is 11.5. The smallest absolute Gasteiger partial charge is 0.326 e. The molecule has 0 spiro atoms. The highest BCUT2D eigenvalue weighted by Crippen LogP contribution is 2.37. The molecule has 10 nitrogen and oxygen atoms in total. The lowest BCUT2D eigenvalue weighted by Crippen LogP contribution is -2.35. The number of ether oxygens (including phenoxy) is 1. The zero-order valence-corrected chi connectivity index (χ0v) is 19.6. The molecule has 4 aromatic heterocycles. The fraction of sp³-hybridized carbons (Fsp3) is 0.381. The van der Waals surface area contributed by atoms with Gasteiger partial charge >= 0.3 is 6.01 Å². The number of aromatic nitrogens is 6. The lowest BCUT2D eigenvalue weighted by atomic mass is 10.2. The standard InChI is InChI=1S/C21H23BrN8O2/c1-4-14-17(22)16-18(26-14)27-21(28-20(16)30-6-5-12(9-30)25-11(2)31)32-13-7-15-19(23-8-13)29(3)10-24-15/h7-8,10,12H,4-6,9H2,1-3H3,(H,25,31)(H,26,27,28). The van der Waals surface area contributed by atoms with Crippen molar-refractivity contribution in [2.45, 2.75) is 32.7 Å². The summed E-state index contributed by atoms with van der Waals surface area (Å²) in [6.07, 6.45) is 5.03. The molecule has 2 N–H and O–H groups in total. The van der Waals surface area contributed by atoms with Crippen molar-refractivity contribution in [2.24, 2.45) is 7.05 Å². The van der Waals surface area contributed by atoms with Crippen LogP contribution in [0.1, 0.15) is 26.0 Å². The number of aromatic amines is 1. The minimum absolute atomic E-state index is 0.0257. The molecule has 4 aromatic rings. The Kier molecular flexibility index (Phi) is 5.20. The van der Waals surface area contributed by atoms with Gasteiger partial charge < -0.3 is 24.5 Å². The minimum Gasteiger partial charge on any atom is -0.422 e. The van der Waals surface area contributed by atoms with Crippen LogP contribution in [0.15, 0.2) is 23.1 Å². The van der Waals surface area contributed by atoms with E-state index in [1.807, 2.05) is 17.7 Å². The Balaban J connectivity index is 1.54. The van der Waals surface area contributed by atoms with Gasteiger partial charge in [0, 0.05) is 44.9 Å². The van der Waals surface area contributed by atoms with Crippen LogP contribution in [0.3, 0.4) is 0 Å². The van der Waals surface area contributed by atoms with Crippen LogP contribution >= 0.6 is 15.9 Å². The number of carbonyl (C=O) groups is 1. The Morgan fingerprint density at radius 1 is 1.38 bits per heavy atom. The predicted molar refractivity (Wildman–Crippen MR) is 124 cm³/mol. The van der Waals surface area contributed by atoms with Crippen molar-refractivity contribution in [2.75, 3.05) is 18.0 Å². The summed E-state index contributed by atoms with van der Waals surface area (Å²) in [7, 11) is 1.89. The van der Waals surface area contributed by atoms with E-state index in [0.29, 0.717) is 17.9 Å². The highest BCUT2D eigenvalue weighted by atomic mass is 79.9. The van der Waals surface area contributed by atoms with E-state index in [0.717, 1.165) is 51.9 Å². The number of pyridine rings is 1. The second kappa shape index (κ2) is 8.05. The summed E-state index contributed by atoms with van der Waals surface area (Å²) >= 11 is 3.72. The predicted octanol–water partition coefficient (Wildman–Crippen LogP) is 3.07. The molecule has 5 heterocycles. The van der Waals surface area contributed by atoms with Crippen LogP contribution in [0.4, 0.5) is 5.82 Å². The van der Waals surface area contributed by atoms with Gasteiger partial charge in [-0.2, -0.15) is 9.97 Å². The number of hydrogen-bond donors (Lipinski definition) is 2. The Hall–Kier alpha value is -3.21. The first-order valence-corrected chi connectivity index (χ1v) is 11.3. The van der Waals surface area contributed by atoms with E-state index in [2.05, 4.69) is 53.0 Å². The Morgan fingerprint density at radius 3 is 3.00 bits per heavy atom. The van der Waals surface area contributed by atoms with Crippen LogP contribution in [0, 0.1) is 0 Å². The summed E-state index contributed by atoms with van der Waals surface area (Å²) in [5, 5.41) is 3.91. The summed E-state index contributed by atoms with van der Waals surface area (Å²) in [6, 6.07) is 2.13. The molecule has 32 heavy (non-hydrogen) atoms. The van der Waals surface area contributed by atoms with Gasteiger partial charge in [0.2, 0.25) is 5.91 Å². The molecule has 0 saturated carbocycles. The van der Waals surface area contributed by atoms with Crippen LogP contribution in [-0.4, -0.2) is 54.5 Å². The first-order chi connectivity index (χ1) is 15.4. The van der Waals surface area contributed by atoms with Crippen molar-refractivity contribution in [1.29, 1.82) is 0 Å². The molecule has 1 saturated heterocycles. The molecule has 1 amide bonds. The molecule has 1 aliphatic heterocycles. The molecular formula is C21H23BrN8O2. The number of carbonyl (C=O) groups excluding carboxylic acids is 1. The number of halogens is 1. The van der Waals surface area contributed by atoms with E-state index < -0.39 is 0 Å². The molecule has 11 heteroatoms. The quantitative estimate of drug-likeness (QED) is 0.434. The maximum Gasteiger partial charge on any atom is 0.326 e. The topological polar surface area (TPSA) is 114 Å². The summed E-state index contributed by atoms with van der Waals surface area (Å²) in [5.41, 5.74) is 3.25. The molecule has 0 aromatic carbocycles. The van der Waals surface area contributed by atoms with E-state index >= 15 is 0 Å². The third kappa shape index (κ3) is 3.66. The van der Waals surface area contributed by atoms with E-state index in [9.17, 15) is 4.79 Å². The number of fused-ring (bicyclic) bond motifs is 2. The van der Waals surface area contributed by atoms with E-state index in [1.54, 1.807) is 19.4 Å². The summed E-state index contributed by atoms with van der Waals surface area (Å²) in [6.45, 7) is 5.07. The third-order valence-corrected chi connectivity index (χ3v) is 6.48. The number of amides is 1. The number of nitrogens with one attached hydrogen (secondary N) is 2. The molecule has 1 fully saturated rings. The highest BCUT2D eigenvalue weighted by Gasteiger charge is 2.28. The van der Waals surface area contributed by atoms with Crippen LogP contribution in [0.25, 0.3) is 22.2 Å². The lowest BCUT2D eigenvalue weighted by molar-refractivity contribution is -0.119. The van der Waals surface area contributed by atoms with Gasteiger partial charge in [0.25, 0.3) is 0 Å². The fourth-order valence-corrected chi connectivity index (χ4v) is 4.85. The van der Waals surface area contributed by atoms with Gasteiger partial charge in [-0.15, -0.1) is 0 Å². The average Bonchev–Trinajstić information content (AvgIpc) is 3.45. The number of anilines is 1. The second-order valence-electron chi connectivity index (χ2n) is 7.93. The van der Waals surface area contributed by atoms with Crippen LogP contribution in [0.2, 0.25) is 0 Å². The molecule has 1 unspecified atom stereocenters. The lowest BCUT2D eigenvalue weighted by Gasteiger charge is -2.19. The highest BCUT2D eigenvalue weighted by molar-refractivity contribution is 9.10. The molecule has 1 atom stereocenters. The van der Waals surface area contributed by atoms with Crippen LogP contribution < -0.4 is 15.0 Å². The molecule has 0 aliphatic carbocycles. The summed E-state index contributed by atoms with van der Waals surface area (Å²) in [4.78, 5) is 35.2. The molecule has 5 rings (SSSR count). The van der Waals surface area contributed by atoms with Gasteiger partial charge in [-0.1, -0.05) is 6.92 Å². The Bertz CT molecular complexity index is 1330. The third-order valence-electron chi connectivity index (χ3n) is 5.61. The number of aryl methyl sites for hydroxylation is 2. The van der Waals surface area contributed by atoms with E-state index in [1.165, 1.54) is 0 Å². The van der Waals surface area contributed by atoms with Crippen LogP contribution in [0.5, 0.6) is 11.8 Å². The number of rotatable bonds is 5. The molecule has 0 radical (unpaired) electrons. The summed E-state index contributed by atoms with van der Waals surface area (Å²) < 4.78 is 8.82. The van der Waals surface area contributed by atoms with Gasteiger partial charge in [0.1, 0.15) is 17.0 Å². The van der Waals surface area contributed by atoms with Crippen molar-refractivity contribution in [3.05, 3.63) is 28.8 Å². The largest absolute Gasteiger partial charge is 0.422 e. The average molecular weight is 499 g/mol. The Labute approximate surface area is 192 Å². The zero-order chi connectivity index (χ0) is 22.4. The van der Waals surface area contributed by atoms with Crippen molar-refractivity contribution in [1.82, 2.24) is 34.8 Å². The van der Waals surface area contributed by atoms with Crippen molar-refractivity contribution in [3.8, 4) is 11.8 Å². The van der Waals surface area contributed by atoms with Crippen molar-refractivity contribution < 1.29 is 9.53 Å². The molecule has 0 bridgehead atoms. The first kappa shape index (κ1) is 20.7. The molecular weight excluding hydrogens is 476 g/mol. The second-order valence-corrected chi connectivity index (χ2v) is 8.72. The van der Waals surface area contributed by atoms with Crippen molar-refractivity contribution >= 4 is 49.9 Å². The number of H-pyrrole nitrogens is 1. The van der Waals surface area contributed by atoms with Crippen LogP contribution in [-0.2, 0) is 18.3 Å². The zero-order valence-electron chi connectivity index (χ0n) is 18.0. The SMILES string of the molecule is CCc1[nH]c2nc(Oc3cnc4c(c3)ncn4C)nc(N3CCC(NC(C)=O)C3)c2c1Br. The fourth-order valence-electron chi connectivity index (χ4n) is 4.11. The van der Waals surface area contributed by atoms with Gasteiger partial charge in [-0.3, -0.25) is 4.79 Å². The monoisotopic (exact) mass is 498 g/mol. The summed E-state index contributed by atoms with van der Waals surface area (Å²) in [5.74, 6) is 1.26. The normalized spacial score (nSPS) is 16.2.